The van der Waals surface area contributed by atoms with Gasteiger partial charge in [-0.2, -0.15) is 26.3 Å². The van der Waals surface area contributed by atoms with E-state index in [0.29, 0.717) is 0 Å². The molecule has 0 aliphatic heterocycles. The smallest absolute Gasteiger partial charge is 0.422 e. The number of rotatable bonds is 4. The Morgan fingerprint density at radius 1 is 1.11 bits per heavy atom. The summed E-state index contributed by atoms with van der Waals surface area (Å²) in [5.74, 6) is -4.05. The third kappa shape index (κ3) is 4.41. The van der Waals surface area contributed by atoms with Crippen molar-refractivity contribution in [2.45, 2.75) is 37.7 Å². The lowest BCUT2D eigenvalue weighted by Crippen LogP contribution is -2.61. The van der Waals surface area contributed by atoms with Gasteiger partial charge in [-0.25, -0.2) is 4.79 Å². The second-order valence-corrected chi connectivity index (χ2v) is 3.59. The maximum absolute atomic E-state index is 12.4. The van der Waals surface area contributed by atoms with Crippen LogP contribution in [0.2, 0.25) is 0 Å². The first kappa shape index (κ1) is 16.5. The molecule has 18 heavy (non-hydrogen) atoms. The summed E-state index contributed by atoms with van der Waals surface area (Å²) in [6.07, 6.45) is -12.9. The normalized spacial score (nSPS) is 15.9. The molecule has 0 aromatic carbocycles. The highest BCUT2D eigenvalue weighted by molar-refractivity contribution is 5.87. The average Bonchev–Trinajstić information content (AvgIpc) is 2.11. The number of carbonyl (C=O) groups is 2. The Morgan fingerprint density at radius 2 is 1.56 bits per heavy atom. The molecule has 0 aromatic heterocycles. The highest BCUT2D eigenvalue weighted by atomic mass is 19.4. The molecule has 0 aromatic rings. The van der Waals surface area contributed by atoms with E-state index in [0.717, 1.165) is 5.32 Å². The number of halogens is 6. The second-order valence-electron chi connectivity index (χ2n) is 3.59. The summed E-state index contributed by atoms with van der Waals surface area (Å²) in [5, 5.41) is 9.43. The monoisotopic (exact) mass is 281 g/mol. The van der Waals surface area contributed by atoms with E-state index in [1.165, 1.54) is 0 Å². The van der Waals surface area contributed by atoms with Gasteiger partial charge in [0.05, 0.1) is 6.42 Å². The highest BCUT2D eigenvalue weighted by Gasteiger charge is 2.58. The van der Waals surface area contributed by atoms with Crippen LogP contribution in [0.5, 0.6) is 0 Å². The molecule has 0 rings (SSSR count). The van der Waals surface area contributed by atoms with E-state index < -0.39 is 42.6 Å². The Bertz CT molecular complexity index is 337. The van der Waals surface area contributed by atoms with Gasteiger partial charge in [-0.1, -0.05) is 0 Å². The van der Waals surface area contributed by atoms with E-state index in [2.05, 4.69) is 0 Å². The Morgan fingerprint density at radius 3 is 1.83 bits per heavy atom. The Labute approximate surface area is 97.0 Å². The van der Waals surface area contributed by atoms with Gasteiger partial charge in [0.25, 0.3) is 0 Å². The summed E-state index contributed by atoms with van der Waals surface area (Å²) in [5.41, 5.74) is -3.62. The van der Waals surface area contributed by atoms with Gasteiger partial charge >= 0.3 is 18.3 Å². The predicted molar refractivity (Wildman–Crippen MR) is 45.5 cm³/mol. The molecule has 0 saturated carbocycles. The van der Waals surface area contributed by atoms with Gasteiger partial charge in [-0.05, 0) is 6.92 Å². The van der Waals surface area contributed by atoms with Crippen LogP contribution in [0.25, 0.3) is 0 Å². The van der Waals surface area contributed by atoms with Gasteiger partial charge < -0.3 is 10.4 Å². The van der Waals surface area contributed by atoms with Crippen LogP contribution in [0.4, 0.5) is 26.3 Å². The minimum absolute atomic E-state index is 0.154. The highest BCUT2D eigenvalue weighted by Crippen LogP contribution is 2.31. The van der Waals surface area contributed by atoms with Crippen LogP contribution in [0.15, 0.2) is 0 Å². The van der Waals surface area contributed by atoms with Gasteiger partial charge in [0.2, 0.25) is 11.4 Å². The molecule has 0 aliphatic rings. The number of carboxylic acids is 1. The van der Waals surface area contributed by atoms with Crippen LogP contribution in [0.3, 0.4) is 0 Å². The van der Waals surface area contributed by atoms with Crippen molar-refractivity contribution in [2.75, 3.05) is 0 Å². The van der Waals surface area contributed by atoms with E-state index in [4.69, 9.17) is 5.11 Å². The van der Waals surface area contributed by atoms with Crippen molar-refractivity contribution in [3.63, 3.8) is 0 Å². The van der Waals surface area contributed by atoms with Gasteiger partial charge in [0.15, 0.2) is 0 Å². The Balaban J connectivity index is 4.74. The third-order valence-electron chi connectivity index (χ3n) is 2.02. The molecule has 106 valence electrons. The lowest BCUT2D eigenvalue weighted by Gasteiger charge is -2.28. The summed E-state index contributed by atoms with van der Waals surface area (Å²) in [6.45, 7) is 0.154. The number of amides is 1. The largest absolute Gasteiger partial charge is 0.479 e. The molecular formula is C8H9F6NO3. The van der Waals surface area contributed by atoms with Crippen LogP contribution in [0, 0.1) is 0 Å². The van der Waals surface area contributed by atoms with Crippen molar-refractivity contribution in [3.05, 3.63) is 0 Å². The SMILES string of the molecule is CC(NC(=O)CCC(F)(F)F)(C(=O)O)C(F)(F)F. The third-order valence-corrected chi connectivity index (χ3v) is 2.02. The van der Waals surface area contributed by atoms with E-state index in [9.17, 15) is 35.9 Å². The van der Waals surface area contributed by atoms with Crippen LogP contribution in [-0.2, 0) is 9.59 Å². The first-order chi connectivity index (χ1) is 7.79. The topological polar surface area (TPSA) is 66.4 Å². The zero-order valence-electron chi connectivity index (χ0n) is 8.95. The van der Waals surface area contributed by atoms with E-state index >= 15 is 0 Å². The number of hydrogen-bond donors (Lipinski definition) is 2. The fourth-order valence-corrected chi connectivity index (χ4v) is 0.842. The zero-order chi connectivity index (χ0) is 14.8. The summed E-state index contributed by atoms with van der Waals surface area (Å²) in [7, 11) is 0. The molecule has 0 bridgehead atoms. The minimum Gasteiger partial charge on any atom is -0.479 e. The minimum atomic E-state index is -5.33. The fourth-order valence-electron chi connectivity index (χ4n) is 0.842. The zero-order valence-corrected chi connectivity index (χ0v) is 8.95. The van der Waals surface area contributed by atoms with Crippen molar-refractivity contribution in [2.24, 2.45) is 0 Å². The number of nitrogens with one attached hydrogen (secondary N) is 1. The van der Waals surface area contributed by atoms with Gasteiger partial charge in [0.1, 0.15) is 0 Å². The number of aliphatic carboxylic acids is 1. The fraction of sp³-hybridized carbons (Fsp3) is 0.750. The summed E-state index contributed by atoms with van der Waals surface area (Å²) < 4.78 is 72.3. The van der Waals surface area contributed by atoms with E-state index in [-0.39, 0.29) is 6.92 Å². The average molecular weight is 281 g/mol. The van der Waals surface area contributed by atoms with Gasteiger partial charge in [-0.15, -0.1) is 0 Å². The summed E-state index contributed by atoms with van der Waals surface area (Å²) in [4.78, 5) is 21.3. The number of hydrogen-bond acceptors (Lipinski definition) is 2. The predicted octanol–water partition coefficient (Wildman–Crippen LogP) is 1.85. The molecule has 10 heteroatoms. The lowest BCUT2D eigenvalue weighted by atomic mass is 10.0. The Kier molecular flexibility index (Phi) is 4.61. The van der Waals surface area contributed by atoms with Gasteiger partial charge in [0, 0.05) is 6.42 Å². The van der Waals surface area contributed by atoms with Crippen LogP contribution >= 0.6 is 0 Å². The number of carboxylic acid groups (broad SMARTS) is 1. The molecular weight excluding hydrogens is 272 g/mol. The molecule has 0 aliphatic carbocycles. The first-order valence-corrected chi connectivity index (χ1v) is 4.47. The number of carbonyl (C=O) groups excluding carboxylic acids is 1. The number of alkyl halides is 6. The molecule has 0 spiro atoms. The molecule has 2 N–H and O–H groups in total. The summed E-state index contributed by atoms with van der Waals surface area (Å²) >= 11 is 0. The van der Waals surface area contributed by atoms with E-state index in [1.54, 1.807) is 0 Å². The maximum atomic E-state index is 12.4. The Hall–Kier alpha value is -1.48. The molecule has 4 nitrogen and oxygen atoms in total. The quantitative estimate of drug-likeness (QED) is 0.773. The van der Waals surface area contributed by atoms with Crippen molar-refractivity contribution in [1.29, 1.82) is 0 Å². The first-order valence-electron chi connectivity index (χ1n) is 4.47. The molecule has 0 fully saturated rings. The van der Waals surface area contributed by atoms with Crippen molar-refractivity contribution in [3.8, 4) is 0 Å². The van der Waals surface area contributed by atoms with Crippen molar-refractivity contribution < 1.29 is 41.0 Å². The molecule has 1 amide bonds. The van der Waals surface area contributed by atoms with Crippen molar-refractivity contribution in [1.82, 2.24) is 5.32 Å². The molecule has 0 heterocycles. The molecule has 0 saturated heterocycles. The molecule has 1 unspecified atom stereocenters. The van der Waals surface area contributed by atoms with Crippen LogP contribution < -0.4 is 5.32 Å². The second kappa shape index (κ2) is 5.02. The standard InChI is InChI=1S/C8H9F6NO3/c1-6(5(17)18,8(12,13)14)15-4(16)2-3-7(9,10)11/h2-3H2,1H3,(H,15,16)(H,17,18). The van der Waals surface area contributed by atoms with E-state index in [1.807, 2.05) is 0 Å². The van der Waals surface area contributed by atoms with Crippen LogP contribution in [0.1, 0.15) is 19.8 Å². The molecule has 1 atom stereocenters. The van der Waals surface area contributed by atoms with Gasteiger partial charge in [-0.3, -0.25) is 4.79 Å². The lowest BCUT2D eigenvalue weighted by molar-refractivity contribution is -0.207. The molecule has 0 radical (unpaired) electrons. The van der Waals surface area contributed by atoms with Crippen molar-refractivity contribution >= 4 is 11.9 Å². The maximum Gasteiger partial charge on any atom is 0.422 e. The van der Waals surface area contributed by atoms with Crippen LogP contribution in [-0.4, -0.2) is 34.9 Å². The summed E-state index contributed by atoms with van der Waals surface area (Å²) in [6, 6.07) is 0.